The van der Waals surface area contributed by atoms with E-state index < -0.39 is 0 Å². The number of rotatable bonds is 4. The van der Waals surface area contributed by atoms with E-state index in [-0.39, 0.29) is 0 Å². The smallest absolute Gasteiger partial charge is 0.0920 e. The Morgan fingerprint density at radius 1 is 1.00 bits per heavy atom. The van der Waals surface area contributed by atoms with Crippen molar-refractivity contribution >= 4 is 7.28 Å². The van der Waals surface area contributed by atoms with Gasteiger partial charge in [0, 0.05) is 0 Å². The van der Waals surface area contributed by atoms with E-state index in [1.54, 1.807) is 0 Å². The summed E-state index contributed by atoms with van der Waals surface area (Å²) in [6.45, 7) is 13.9. The third-order valence-corrected chi connectivity index (χ3v) is 2.12. The molecule has 0 spiro atoms. The maximum absolute atomic E-state index is 2.38. The van der Waals surface area contributed by atoms with E-state index in [1.807, 2.05) is 0 Å². The van der Waals surface area contributed by atoms with Gasteiger partial charge in [-0.15, -0.1) is 0 Å². The van der Waals surface area contributed by atoms with Crippen LogP contribution in [-0.4, -0.2) is 7.28 Å². The molecule has 0 aromatic heterocycles. The zero-order chi connectivity index (χ0) is 9.83. The largest absolute Gasteiger partial charge is 0.105 e. The minimum Gasteiger partial charge on any atom is -0.0920 e. The lowest BCUT2D eigenvalue weighted by atomic mass is 9.67. The molecule has 1 radical (unpaired) electrons. The van der Waals surface area contributed by atoms with Crippen LogP contribution in [0.2, 0.25) is 13.1 Å². The average molecular weight is 167 g/mol. The second-order valence-corrected chi connectivity index (χ2v) is 5.85. The highest BCUT2D eigenvalue weighted by Gasteiger charge is 2.24. The van der Waals surface area contributed by atoms with Gasteiger partial charge in [-0.05, 0) is 17.3 Å². The second-order valence-electron chi connectivity index (χ2n) is 5.85. The molecular weight excluding hydrogens is 143 g/mol. The van der Waals surface area contributed by atoms with Gasteiger partial charge < -0.3 is 0 Å². The molecule has 0 saturated carbocycles. The van der Waals surface area contributed by atoms with Crippen molar-refractivity contribution in [2.75, 3.05) is 0 Å². The lowest BCUT2D eigenvalue weighted by molar-refractivity contribution is 0.206. The fraction of sp³-hybridized carbons (Fsp3) is 1.00. The van der Waals surface area contributed by atoms with Crippen molar-refractivity contribution in [3.8, 4) is 0 Å². The summed E-state index contributed by atoms with van der Waals surface area (Å²) < 4.78 is 0. The van der Waals surface area contributed by atoms with Crippen molar-refractivity contribution in [1.82, 2.24) is 0 Å². The van der Waals surface area contributed by atoms with Crippen LogP contribution in [0.25, 0.3) is 0 Å². The van der Waals surface area contributed by atoms with Crippen molar-refractivity contribution in [3.63, 3.8) is 0 Å². The first-order valence-electron chi connectivity index (χ1n) is 5.05. The summed E-state index contributed by atoms with van der Waals surface area (Å²) in [4.78, 5) is 0. The monoisotopic (exact) mass is 167 g/mol. The van der Waals surface area contributed by atoms with Crippen molar-refractivity contribution in [1.29, 1.82) is 0 Å². The molecule has 0 amide bonds. The summed E-state index contributed by atoms with van der Waals surface area (Å²) in [5.41, 5.74) is 0.974. The van der Waals surface area contributed by atoms with Gasteiger partial charge in [-0.25, -0.2) is 0 Å². The summed E-state index contributed by atoms with van der Waals surface area (Å²) >= 11 is 0. The van der Waals surface area contributed by atoms with E-state index in [4.69, 9.17) is 0 Å². The molecule has 0 atom stereocenters. The molecule has 0 aliphatic carbocycles. The summed E-state index contributed by atoms with van der Waals surface area (Å²) in [6.07, 6.45) is 3.89. The third kappa shape index (κ3) is 6.76. The van der Waals surface area contributed by atoms with Gasteiger partial charge in [0.15, 0.2) is 0 Å². The average Bonchev–Trinajstić information content (AvgIpc) is 1.78. The van der Waals surface area contributed by atoms with E-state index >= 15 is 0 Å². The minimum atomic E-state index is 0.469. The van der Waals surface area contributed by atoms with Gasteiger partial charge in [0.2, 0.25) is 0 Å². The lowest BCUT2D eigenvalue weighted by Crippen LogP contribution is -2.20. The van der Waals surface area contributed by atoms with E-state index in [9.17, 15) is 0 Å². The Kier molecular flexibility index (Phi) is 4.37. The predicted molar refractivity (Wildman–Crippen MR) is 58.9 cm³/mol. The van der Waals surface area contributed by atoms with Crippen LogP contribution in [-0.2, 0) is 0 Å². The topological polar surface area (TPSA) is 0 Å². The van der Waals surface area contributed by atoms with Crippen LogP contribution in [0.3, 0.4) is 0 Å². The highest BCUT2D eigenvalue weighted by Crippen LogP contribution is 2.36. The predicted octanol–water partition coefficient (Wildman–Crippen LogP) is 4.01. The summed E-state index contributed by atoms with van der Waals surface area (Å²) in [7, 11) is 2.27. The molecule has 0 fully saturated rings. The van der Waals surface area contributed by atoms with Gasteiger partial charge in [-0.2, -0.15) is 0 Å². The Bertz CT molecular complexity index is 119. The highest BCUT2D eigenvalue weighted by atomic mass is 14.3. The summed E-state index contributed by atoms with van der Waals surface area (Å²) in [5.74, 6) is 0. The van der Waals surface area contributed by atoms with E-state index in [0.717, 1.165) is 0 Å². The van der Waals surface area contributed by atoms with Crippen molar-refractivity contribution in [3.05, 3.63) is 0 Å². The molecule has 0 N–H and O–H groups in total. The number of hydrogen-bond acceptors (Lipinski definition) is 0. The Balaban J connectivity index is 3.86. The fourth-order valence-corrected chi connectivity index (χ4v) is 2.06. The molecular formula is C11H24B. The Morgan fingerprint density at radius 3 is 1.83 bits per heavy atom. The summed E-state index contributed by atoms with van der Waals surface area (Å²) in [5, 5.41) is 0. The second kappa shape index (κ2) is 4.34. The van der Waals surface area contributed by atoms with Crippen molar-refractivity contribution in [2.24, 2.45) is 10.8 Å². The third-order valence-electron chi connectivity index (χ3n) is 2.12. The summed E-state index contributed by atoms with van der Waals surface area (Å²) in [6, 6.07) is 0. The first-order valence-corrected chi connectivity index (χ1v) is 5.05. The normalized spacial score (nSPS) is 13.2. The zero-order valence-corrected chi connectivity index (χ0v) is 9.70. The first-order chi connectivity index (χ1) is 5.27. The fourth-order valence-electron chi connectivity index (χ4n) is 2.06. The van der Waals surface area contributed by atoms with Gasteiger partial charge >= 0.3 is 0 Å². The van der Waals surface area contributed by atoms with Gasteiger partial charge in [0.25, 0.3) is 0 Å². The molecule has 0 aliphatic heterocycles. The molecule has 71 valence electrons. The van der Waals surface area contributed by atoms with Crippen LogP contribution in [0.15, 0.2) is 0 Å². The molecule has 0 unspecified atom stereocenters. The van der Waals surface area contributed by atoms with Crippen LogP contribution in [0, 0.1) is 10.8 Å². The Labute approximate surface area is 79.4 Å². The number of hydrogen-bond donors (Lipinski definition) is 0. The highest BCUT2D eigenvalue weighted by molar-refractivity contribution is 6.33. The first kappa shape index (κ1) is 12.1. The van der Waals surface area contributed by atoms with Crippen molar-refractivity contribution < 1.29 is 0 Å². The van der Waals surface area contributed by atoms with Crippen molar-refractivity contribution in [2.45, 2.75) is 60.6 Å². The zero-order valence-electron chi connectivity index (χ0n) is 9.70. The van der Waals surface area contributed by atoms with Crippen LogP contribution in [0.4, 0.5) is 0 Å². The molecule has 12 heavy (non-hydrogen) atoms. The van der Waals surface area contributed by atoms with Gasteiger partial charge in [-0.3, -0.25) is 0 Å². The van der Waals surface area contributed by atoms with Crippen LogP contribution < -0.4 is 0 Å². The van der Waals surface area contributed by atoms with Crippen LogP contribution in [0.5, 0.6) is 0 Å². The quantitative estimate of drug-likeness (QED) is 0.555. The van der Waals surface area contributed by atoms with Crippen LogP contribution in [0.1, 0.15) is 47.5 Å². The molecule has 1 heteroatoms. The van der Waals surface area contributed by atoms with E-state index in [2.05, 4.69) is 48.7 Å². The molecule has 0 nitrogen and oxygen atoms in total. The lowest BCUT2D eigenvalue weighted by Gasteiger charge is -2.32. The van der Waals surface area contributed by atoms with Gasteiger partial charge in [-0.1, -0.05) is 54.2 Å². The molecule has 0 aromatic rings. The van der Waals surface area contributed by atoms with E-state index in [0.29, 0.717) is 10.8 Å². The Morgan fingerprint density at radius 2 is 1.50 bits per heavy atom. The maximum Gasteiger partial charge on any atom is 0.105 e. The van der Waals surface area contributed by atoms with Crippen LogP contribution >= 0.6 is 0 Å². The molecule has 0 heterocycles. The van der Waals surface area contributed by atoms with E-state index in [1.165, 1.54) is 19.2 Å². The maximum atomic E-state index is 2.38. The molecule has 0 aliphatic rings. The van der Waals surface area contributed by atoms with Gasteiger partial charge in [0.1, 0.15) is 7.28 Å². The molecule has 0 aromatic carbocycles. The molecule has 0 rings (SSSR count). The van der Waals surface area contributed by atoms with Gasteiger partial charge in [0.05, 0.1) is 0 Å². The standard InChI is InChI=1S/C11H24B/c1-10(2,3)9-11(4,5)7-8-12-6/h7-9H2,1-6H3. The minimum absolute atomic E-state index is 0.469. The molecule has 0 saturated heterocycles. The molecule has 0 bridgehead atoms. The SMILES string of the molecule is C[B]CCC(C)(C)CC(C)(C)C. The Hall–Kier alpha value is 0.0649.